The summed E-state index contributed by atoms with van der Waals surface area (Å²) in [5.74, 6) is 0.343. The summed E-state index contributed by atoms with van der Waals surface area (Å²) in [4.78, 5) is 29.7. The Morgan fingerprint density at radius 2 is 1.75 bits per heavy atom. The van der Waals surface area contributed by atoms with Crippen LogP contribution in [-0.4, -0.2) is 15.5 Å². The average molecular weight is 390 g/mol. The van der Waals surface area contributed by atoms with E-state index in [0.717, 1.165) is 0 Å². The molecule has 138 valence electrons. The number of halogens is 1. The Bertz CT molecular complexity index is 1250. The first kappa shape index (κ1) is 17.9. The zero-order valence-corrected chi connectivity index (χ0v) is 15.8. The highest BCUT2D eigenvalue weighted by atomic mass is 35.5. The summed E-state index contributed by atoms with van der Waals surface area (Å²) in [7, 11) is 0. The lowest BCUT2D eigenvalue weighted by Gasteiger charge is -2.12. The number of amides is 1. The zero-order chi connectivity index (χ0) is 19.7. The second kappa shape index (κ2) is 7.29. The molecule has 0 aliphatic heterocycles. The number of para-hydroxylation sites is 1. The summed E-state index contributed by atoms with van der Waals surface area (Å²) in [6.45, 7) is 1.79. The van der Waals surface area contributed by atoms with Crippen molar-refractivity contribution in [3.05, 3.63) is 99.6 Å². The van der Waals surface area contributed by atoms with Crippen LogP contribution in [0.5, 0.6) is 0 Å². The van der Waals surface area contributed by atoms with Gasteiger partial charge in [0.05, 0.1) is 16.6 Å². The van der Waals surface area contributed by atoms with Crippen LogP contribution in [0.25, 0.3) is 16.6 Å². The Morgan fingerprint density at radius 1 is 1.00 bits per heavy atom. The normalized spacial score (nSPS) is 10.8. The number of fused-ring (bicyclic) bond motifs is 1. The molecule has 0 saturated carbocycles. The second-order valence-electron chi connectivity index (χ2n) is 6.33. The van der Waals surface area contributed by atoms with Crippen LogP contribution in [0.15, 0.2) is 77.6 Å². The van der Waals surface area contributed by atoms with Crippen LogP contribution in [0.1, 0.15) is 16.2 Å². The number of nitrogens with zero attached hydrogens (tertiary/aromatic N) is 2. The first-order chi connectivity index (χ1) is 13.5. The highest BCUT2D eigenvalue weighted by Crippen LogP contribution is 2.17. The number of hydrogen-bond donors (Lipinski definition) is 1. The maximum Gasteiger partial charge on any atom is 0.265 e. The fraction of sp³-hybridized carbons (Fsp3) is 0.0455. The van der Waals surface area contributed by atoms with E-state index in [1.54, 1.807) is 66.1 Å². The molecule has 5 nitrogen and oxygen atoms in total. The molecule has 0 fully saturated rings. The van der Waals surface area contributed by atoms with Gasteiger partial charge in [-0.3, -0.25) is 14.2 Å². The molecule has 6 heteroatoms. The largest absolute Gasteiger partial charge is 0.322 e. The van der Waals surface area contributed by atoms with Crippen molar-refractivity contribution >= 4 is 34.1 Å². The lowest BCUT2D eigenvalue weighted by atomic mass is 10.2. The minimum absolute atomic E-state index is 0.126. The Balaban J connectivity index is 1.65. The van der Waals surface area contributed by atoms with E-state index in [1.807, 2.05) is 18.2 Å². The molecule has 0 atom stereocenters. The molecule has 0 bridgehead atoms. The molecule has 1 aromatic heterocycles. The van der Waals surface area contributed by atoms with E-state index >= 15 is 0 Å². The van der Waals surface area contributed by atoms with Crippen LogP contribution >= 0.6 is 11.6 Å². The number of rotatable bonds is 3. The molecule has 0 radical (unpaired) electrons. The van der Waals surface area contributed by atoms with Crippen molar-refractivity contribution < 1.29 is 4.79 Å². The molecule has 28 heavy (non-hydrogen) atoms. The lowest BCUT2D eigenvalue weighted by molar-refractivity contribution is 0.102. The Hall–Kier alpha value is -3.44. The second-order valence-corrected chi connectivity index (χ2v) is 6.76. The number of hydrogen-bond acceptors (Lipinski definition) is 3. The van der Waals surface area contributed by atoms with Gasteiger partial charge in [0.25, 0.3) is 11.5 Å². The predicted molar refractivity (Wildman–Crippen MR) is 111 cm³/mol. The predicted octanol–water partition coefficient (Wildman–Crippen LogP) is 4.60. The van der Waals surface area contributed by atoms with Gasteiger partial charge in [0.15, 0.2) is 0 Å². The van der Waals surface area contributed by atoms with Gasteiger partial charge in [-0.05, 0) is 61.5 Å². The van der Waals surface area contributed by atoms with Gasteiger partial charge in [0, 0.05) is 16.3 Å². The van der Waals surface area contributed by atoms with E-state index in [9.17, 15) is 9.59 Å². The fourth-order valence-corrected chi connectivity index (χ4v) is 3.26. The molecule has 0 aliphatic rings. The van der Waals surface area contributed by atoms with Gasteiger partial charge in [0.2, 0.25) is 0 Å². The van der Waals surface area contributed by atoms with Crippen molar-refractivity contribution in [2.24, 2.45) is 0 Å². The van der Waals surface area contributed by atoms with E-state index < -0.39 is 0 Å². The maximum absolute atomic E-state index is 12.9. The molecular formula is C22H16ClN3O2. The van der Waals surface area contributed by atoms with Crippen molar-refractivity contribution in [1.82, 2.24) is 9.55 Å². The Kier molecular flexibility index (Phi) is 4.67. The molecule has 1 N–H and O–H groups in total. The topological polar surface area (TPSA) is 64.0 Å². The quantitative estimate of drug-likeness (QED) is 0.557. The first-order valence-electron chi connectivity index (χ1n) is 8.69. The van der Waals surface area contributed by atoms with Gasteiger partial charge in [-0.25, -0.2) is 4.98 Å². The highest BCUT2D eigenvalue weighted by Gasteiger charge is 2.10. The van der Waals surface area contributed by atoms with E-state index in [-0.39, 0.29) is 11.5 Å². The number of aryl methyl sites for hydroxylation is 1. The summed E-state index contributed by atoms with van der Waals surface area (Å²) in [6.07, 6.45) is 0. The van der Waals surface area contributed by atoms with Crippen LogP contribution in [0.2, 0.25) is 5.02 Å². The lowest BCUT2D eigenvalue weighted by Crippen LogP contribution is -2.22. The van der Waals surface area contributed by atoms with Crippen LogP contribution < -0.4 is 10.9 Å². The Morgan fingerprint density at radius 3 is 2.50 bits per heavy atom. The van der Waals surface area contributed by atoms with Crippen molar-refractivity contribution in [2.75, 3.05) is 5.32 Å². The summed E-state index contributed by atoms with van der Waals surface area (Å²) in [5, 5.41) is 3.89. The van der Waals surface area contributed by atoms with Crippen molar-refractivity contribution in [2.45, 2.75) is 6.92 Å². The summed E-state index contributed by atoms with van der Waals surface area (Å²) in [5.41, 5.74) is 2.32. The smallest absolute Gasteiger partial charge is 0.265 e. The molecule has 4 aromatic rings. The number of carbonyl (C=O) groups is 1. The third kappa shape index (κ3) is 3.40. The minimum atomic E-state index is -0.254. The van der Waals surface area contributed by atoms with E-state index in [2.05, 4.69) is 10.3 Å². The van der Waals surface area contributed by atoms with Crippen LogP contribution in [0.3, 0.4) is 0 Å². The van der Waals surface area contributed by atoms with Gasteiger partial charge in [0.1, 0.15) is 5.82 Å². The van der Waals surface area contributed by atoms with Gasteiger partial charge in [-0.1, -0.05) is 29.8 Å². The molecule has 1 heterocycles. The van der Waals surface area contributed by atoms with Crippen LogP contribution in [0.4, 0.5) is 5.69 Å². The van der Waals surface area contributed by atoms with Gasteiger partial charge < -0.3 is 5.32 Å². The first-order valence-corrected chi connectivity index (χ1v) is 9.06. The summed E-state index contributed by atoms with van der Waals surface area (Å²) >= 11 is 5.93. The van der Waals surface area contributed by atoms with Crippen molar-refractivity contribution in [3.63, 3.8) is 0 Å². The molecule has 0 unspecified atom stereocenters. The molecule has 1 amide bonds. The number of anilines is 1. The van der Waals surface area contributed by atoms with Crippen molar-refractivity contribution in [1.29, 1.82) is 0 Å². The third-order valence-corrected chi connectivity index (χ3v) is 4.65. The third-order valence-electron chi connectivity index (χ3n) is 4.41. The van der Waals surface area contributed by atoms with Crippen LogP contribution in [0, 0.1) is 6.92 Å². The number of benzene rings is 3. The van der Waals surface area contributed by atoms with Crippen molar-refractivity contribution in [3.8, 4) is 5.69 Å². The minimum Gasteiger partial charge on any atom is -0.322 e. The summed E-state index contributed by atoms with van der Waals surface area (Å²) in [6, 6.07) is 21.0. The number of nitrogens with one attached hydrogen (secondary N) is 1. The maximum atomic E-state index is 12.9. The zero-order valence-electron chi connectivity index (χ0n) is 15.0. The van der Waals surface area contributed by atoms with Gasteiger partial charge >= 0.3 is 0 Å². The van der Waals surface area contributed by atoms with E-state index in [1.165, 1.54) is 0 Å². The van der Waals surface area contributed by atoms with E-state index in [0.29, 0.717) is 38.7 Å². The number of carbonyl (C=O) groups excluding carboxylic acids is 1. The summed E-state index contributed by atoms with van der Waals surface area (Å²) < 4.78 is 1.56. The SMILES string of the molecule is Cc1nc2ccccc2c(=O)n1-c1ccc(NC(=O)c2cccc(Cl)c2)cc1. The monoisotopic (exact) mass is 389 g/mol. The number of aromatic nitrogens is 2. The molecule has 0 saturated heterocycles. The molecule has 0 aliphatic carbocycles. The molecule has 0 spiro atoms. The molecule has 3 aromatic carbocycles. The molecular weight excluding hydrogens is 374 g/mol. The standard InChI is InChI=1S/C22H16ClN3O2/c1-14-24-20-8-3-2-7-19(20)22(28)26(14)18-11-9-17(10-12-18)25-21(27)15-5-4-6-16(23)13-15/h2-13H,1H3,(H,25,27). The Labute approximate surface area is 166 Å². The van der Waals surface area contributed by atoms with E-state index in [4.69, 9.17) is 11.6 Å². The van der Waals surface area contributed by atoms with Crippen LogP contribution in [-0.2, 0) is 0 Å². The van der Waals surface area contributed by atoms with Gasteiger partial charge in [-0.2, -0.15) is 0 Å². The fourth-order valence-electron chi connectivity index (χ4n) is 3.07. The average Bonchev–Trinajstić information content (AvgIpc) is 2.69. The molecule has 4 rings (SSSR count). The highest BCUT2D eigenvalue weighted by molar-refractivity contribution is 6.31. The van der Waals surface area contributed by atoms with Gasteiger partial charge in [-0.15, -0.1) is 0 Å².